The fraction of sp³-hybridized carbons (Fsp3) is 0.667. The second-order valence-electron chi connectivity index (χ2n) is 6.15. The molecule has 0 aliphatic heterocycles. The average Bonchev–Trinajstić information content (AvgIpc) is 2.81. The first-order chi connectivity index (χ1) is 10.4. The molecular formula is C15H25N5O2. The van der Waals surface area contributed by atoms with Crippen molar-refractivity contribution in [3.63, 3.8) is 0 Å². The van der Waals surface area contributed by atoms with Crippen LogP contribution in [-0.4, -0.2) is 25.2 Å². The molecule has 0 saturated heterocycles. The molecule has 0 fully saturated rings. The molecule has 0 aliphatic rings. The lowest BCUT2D eigenvalue weighted by Gasteiger charge is -2.10. The van der Waals surface area contributed by atoms with Gasteiger partial charge < -0.3 is 10.3 Å². The van der Waals surface area contributed by atoms with E-state index in [9.17, 15) is 9.59 Å². The molecule has 0 radical (unpaired) electrons. The molecule has 0 aliphatic carbocycles. The highest BCUT2D eigenvalue weighted by Crippen LogP contribution is 2.15. The summed E-state index contributed by atoms with van der Waals surface area (Å²) < 4.78 is 4.55. The number of nitrogens with two attached hydrogens (primary N) is 1. The van der Waals surface area contributed by atoms with Gasteiger partial charge in [-0.05, 0) is 25.3 Å². The Kier molecular flexibility index (Phi) is 4.85. The van der Waals surface area contributed by atoms with Gasteiger partial charge in [0, 0.05) is 27.1 Å². The maximum absolute atomic E-state index is 12.5. The van der Waals surface area contributed by atoms with Crippen LogP contribution in [0.4, 0.5) is 0 Å². The summed E-state index contributed by atoms with van der Waals surface area (Å²) in [5.74, 6) is 1.28. The molecule has 22 heavy (non-hydrogen) atoms. The Balaban J connectivity index is 2.70. The predicted octanol–water partition coefficient (Wildman–Crippen LogP) is 0.371. The van der Waals surface area contributed by atoms with Crippen molar-refractivity contribution in [3.8, 4) is 0 Å². The van der Waals surface area contributed by atoms with Crippen LogP contribution in [-0.2, 0) is 27.1 Å². The molecule has 0 spiro atoms. The predicted molar refractivity (Wildman–Crippen MR) is 87.0 cm³/mol. The van der Waals surface area contributed by atoms with Gasteiger partial charge >= 0.3 is 5.69 Å². The second-order valence-corrected chi connectivity index (χ2v) is 6.15. The first-order valence-electron chi connectivity index (χ1n) is 7.73. The van der Waals surface area contributed by atoms with Gasteiger partial charge in [-0.15, -0.1) is 0 Å². The molecule has 0 saturated carbocycles. The van der Waals surface area contributed by atoms with Crippen LogP contribution in [0.1, 0.15) is 32.5 Å². The highest BCUT2D eigenvalue weighted by molar-refractivity contribution is 5.71. The molecule has 7 nitrogen and oxygen atoms in total. The van der Waals surface area contributed by atoms with Crippen molar-refractivity contribution in [2.24, 2.45) is 25.7 Å². The highest BCUT2D eigenvalue weighted by Gasteiger charge is 2.19. The third kappa shape index (κ3) is 2.85. The summed E-state index contributed by atoms with van der Waals surface area (Å²) in [5, 5.41) is 0. The zero-order valence-electron chi connectivity index (χ0n) is 13.8. The van der Waals surface area contributed by atoms with Crippen LogP contribution in [0.3, 0.4) is 0 Å². The lowest BCUT2D eigenvalue weighted by molar-refractivity contribution is 0.555. The van der Waals surface area contributed by atoms with Gasteiger partial charge in [-0.3, -0.25) is 13.9 Å². The van der Waals surface area contributed by atoms with E-state index in [1.165, 1.54) is 11.6 Å². The van der Waals surface area contributed by atoms with Gasteiger partial charge in [-0.25, -0.2) is 9.78 Å². The van der Waals surface area contributed by atoms with E-state index in [1.54, 1.807) is 7.05 Å². The van der Waals surface area contributed by atoms with Gasteiger partial charge in [0.2, 0.25) is 0 Å². The quantitative estimate of drug-likeness (QED) is 0.781. The van der Waals surface area contributed by atoms with Gasteiger partial charge in [0.1, 0.15) is 5.82 Å². The summed E-state index contributed by atoms with van der Waals surface area (Å²) in [5.41, 5.74) is 5.91. The van der Waals surface area contributed by atoms with E-state index in [-0.39, 0.29) is 11.2 Å². The number of fused-ring (bicyclic) bond motifs is 1. The number of aryl methyl sites for hydroxylation is 2. The number of rotatable bonds is 6. The monoisotopic (exact) mass is 307 g/mol. The van der Waals surface area contributed by atoms with Crippen molar-refractivity contribution in [2.45, 2.75) is 39.7 Å². The second kappa shape index (κ2) is 6.48. The number of nitrogens with zero attached hydrogens (tertiary/aromatic N) is 4. The molecule has 0 bridgehead atoms. The largest absolute Gasteiger partial charge is 0.332 e. The number of imidazole rings is 1. The Morgan fingerprint density at radius 2 is 1.82 bits per heavy atom. The van der Waals surface area contributed by atoms with E-state index in [0.717, 1.165) is 29.7 Å². The lowest BCUT2D eigenvalue weighted by atomic mass is 10.1. The van der Waals surface area contributed by atoms with Gasteiger partial charge in [0.05, 0.1) is 0 Å². The number of aromatic nitrogens is 4. The van der Waals surface area contributed by atoms with Crippen LogP contribution in [0.2, 0.25) is 0 Å². The molecule has 0 aromatic carbocycles. The number of hydrogen-bond donors (Lipinski definition) is 1. The smallest absolute Gasteiger partial charge is 0.330 e. The van der Waals surface area contributed by atoms with Crippen LogP contribution in [0.15, 0.2) is 9.59 Å². The summed E-state index contributed by atoms with van der Waals surface area (Å²) in [6.45, 7) is 5.55. The first-order valence-corrected chi connectivity index (χ1v) is 7.73. The Morgan fingerprint density at radius 1 is 1.14 bits per heavy atom. The molecule has 122 valence electrons. The normalized spacial score (nSPS) is 11.7. The zero-order chi connectivity index (χ0) is 16.4. The summed E-state index contributed by atoms with van der Waals surface area (Å²) in [4.78, 5) is 29.2. The van der Waals surface area contributed by atoms with Crippen molar-refractivity contribution in [1.82, 2.24) is 18.7 Å². The Morgan fingerprint density at radius 3 is 2.41 bits per heavy atom. The van der Waals surface area contributed by atoms with E-state index in [0.29, 0.717) is 30.2 Å². The maximum Gasteiger partial charge on any atom is 0.332 e. The summed E-state index contributed by atoms with van der Waals surface area (Å²) in [6.07, 6.45) is 2.56. The fourth-order valence-corrected chi connectivity index (χ4v) is 2.67. The van der Waals surface area contributed by atoms with Crippen LogP contribution < -0.4 is 17.0 Å². The minimum atomic E-state index is -0.347. The SMILES string of the molecule is CC(C)Cc1nc2c(c(=O)n(C)c(=O)n2C)n1CCCCN. The van der Waals surface area contributed by atoms with Crippen molar-refractivity contribution < 1.29 is 0 Å². The minimum absolute atomic E-state index is 0.284. The van der Waals surface area contributed by atoms with Gasteiger partial charge in [-0.2, -0.15) is 0 Å². The lowest BCUT2D eigenvalue weighted by Crippen LogP contribution is -2.37. The van der Waals surface area contributed by atoms with Gasteiger partial charge in [0.25, 0.3) is 5.56 Å². The van der Waals surface area contributed by atoms with Crippen LogP contribution in [0, 0.1) is 5.92 Å². The minimum Gasteiger partial charge on any atom is -0.330 e. The van der Waals surface area contributed by atoms with E-state index in [2.05, 4.69) is 18.8 Å². The van der Waals surface area contributed by atoms with Gasteiger partial charge in [0.15, 0.2) is 11.2 Å². The molecule has 2 aromatic heterocycles. The summed E-state index contributed by atoms with van der Waals surface area (Å²) in [6, 6.07) is 0. The highest BCUT2D eigenvalue weighted by atomic mass is 16.2. The van der Waals surface area contributed by atoms with Gasteiger partial charge in [-0.1, -0.05) is 13.8 Å². The molecular weight excluding hydrogens is 282 g/mol. The molecule has 2 rings (SSSR count). The Hall–Kier alpha value is -1.89. The Bertz CT molecular complexity index is 782. The number of unbranched alkanes of at least 4 members (excludes halogenated alkanes) is 1. The van der Waals surface area contributed by atoms with Crippen LogP contribution in [0.25, 0.3) is 11.2 Å². The van der Waals surface area contributed by atoms with E-state index < -0.39 is 0 Å². The van der Waals surface area contributed by atoms with Crippen molar-refractivity contribution in [2.75, 3.05) is 6.54 Å². The topological polar surface area (TPSA) is 87.8 Å². The first kappa shape index (κ1) is 16.5. The van der Waals surface area contributed by atoms with Crippen molar-refractivity contribution in [3.05, 3.63) is 26.7 Å². The standard InChI is InChI=1S/C15H25N5O2/c1-10(2)9-11-17-13-12(20(11)8-6-5-7-16)14(21)19(4)15(22)18(13)3/h10H,5-9,16H2,1-4H3. The summed E-state index contributed by atoms with van der Waals surface area (Å²) >= 11 is 0. The molecule has 2 heterocycles. The Labute approximate surface area is 129 Å². The van der Waals surface area contributed by atoms with E-state index in [4.69, 9.17) is 5.73 Å². The van der Waals surface area contributed by atoms with E-state index in [1.807, 2.05) is 4.57 Å². The summed E-state index contributed by atoms with van der Waals surface area (Å²) in [7, 11) is 3.16. The maximum atomic E-state index is 12.5. The van der Waals surface area contributed by atoms with Crippen molar-refractivity contribution >= 4 is 11.2 Å². The van der Waals surface area contributed by atoms with Crippen LogP contribution >= 0.6 is 0 Å². The molecule has 2 N–H and O–H groups in total. The van der Waals surface area contributed by atoms with Crippen molar-refractivity contribution in [1.29, 1.82) is 0 Å². The fourth-order valence-electron chi connectivity index (χ4n) is 2.67. The molecule has 0 atom stereocenters. The molecule has 0 unspecified atom stereocenters. The average molecular weight is 307 g/mol. The molecule has 0 amide bonds. The molecule has 7 heteroatoms. The molecule has 2 aromatic rings. The van der Waals surface area contributed by atoms with Crippen LogP contribution in [0.5, 0.6) is 0 Å². The third-order valence-corrected chi connectivity index (χ3v) is 3.85. The third-order valence-electron chi connectivity index (χ3n) is 3.85. The zero-order valence-corrected chi connectivity index (χ0v) is 13.8. The van der Waals surface area contributed by atoms with E-state index >= 15 is 0 Å². The number of hydrogen-bond acceptors (Lipinski definition) is 4.